The molecule has 2 aliphatic heterocycles. The maximum absolute atomic E-state index is 6.33. The fourth-order valence-corrected chi connectivity index (χ4v) is 3.95. The molecule has 27 heavy (non-hydrogen) atoms. The number of rotatable bonds is 3. The van der Waals surface area contributed by atoms with Crippen LogP contribution in [0.3, 0.4) is 0 Å². The lowest BCUT2D eigenvalue weighted by atomic mass is 10.2. The molecule has 0 bridgehead atoms. The zero-order valence-electron chi connectivity index (χ0n) is 15.4. The number of anilines is 1. The molecule has 0 spiro atoms. The first-order valence-corrected chi connectivity index (χ1v) is 9.50. The van der Waals surface area contributed by atoms with Crippen molar-refractivity contribution in [1.29, 1.82) is 0 Å². The lowest BCUT2D eigenvalue weighted by molar-refractivity contribution is 0.371. The van der Waals surface area contributed by atoms with Gasteiger partial charge in [-0.15, -0.1) is 34.2 Å². The fourth-order valence-electron chi connectivity index (χ4n) is 3.70. The van der Waals surface area contributed by atoms with E-state index in [1.54, 1.807) is 0 Å². The Balaban J connectivity index is 0.00000210. The number of aliphatic imine (C=N–C) groups is 1. The van der Waals surface area contributed by atoms with Crippen LogP contribution < -0.4 is 10.2 Å². The molecule has 3 heterocycles. The number of aromatic nitrogens is 3. The van der Waals surface area contributed by atoms with E-state index in [0.29, 0.717) is 6.54 Å². The van der Waals surface area contributed by atoms with Crippen molar-refractivity contribution in [2.45, 2.75) is 25.9 Å². The van der Waals surface area contributed by atoms with Crippen molar-refractivity contribution in [3.05, 3.63) is 40.9 Å². The van der Waals surface area contributed by atoms with Gasteiger partial charge in [-0.1, -0.05) is 23.7 Å². The molecule has 4 rings (SSSR count). The Morgan fingerprint density at radius 2 is 1.93 bits per heavy atom. The van der Waals surface area contributed by atoms with Crippen LogP contribution in [0.25, 0.3) is 0 Å². The van der Waals surface area contributed by atoms with Gasteiger partial charge >= 0.3 is 0 Å². The number of nitrogens with zero attached hydrogens (tertiary/aromatic N) is 6. The molecule has 2 aliphatic rings. The number of aryl methyl sites for hydroxylation is 1. The van der Waals surface area contributed by atoms with Crippen molar-refractivity contribution in [3.63, 3.8) is 0 Å². The van der Waals surface area contributed by atoms with E-state index >= 15 is 0 Å². The zero-order chi connectivity index (χ0) is 17.9. The molecule has 1 aromatic carbocycles. The summed E-state index contributed by atoms with van der Waals surface area (Å²) in [6, 6.07) is 8.03. The van der Waals surface area contributed by atoms with E-state index in [4.69, 9.17) is 11.6 Å². The Morgan fingerprint density at radius 3 is 2.67 bits per heavy atom. The first-order valence-electron chi connectivity index (χ1n) is 9.12. The lowest BCUT2D eigenvalue weighted by Crippen LogP contribution is -2.52. The molecule has 1 aromatic heterocycles. The van der Waals surface area contributed by atoms with Gasteiger partial charge in [-0.05, 0) is 18.6 Å². The molecule has 0 saturated carbocycles. The van der Waals surface area contributed by atoms with Crippen LogP contribution >= 0.6 is 35.6 Å². The van der Waals surface area contributed by atoms with Gasteiger partial charge in [-0.25, -0.2) is 0 Å². The highest BCUT2D eigenvalue weighted by Gasteiger charge is 2.22. The summed E-state index contributed by atoms with van der Waals surface area (Å²) >= 11 is 6.33. The summed E-state index contributed by atoms with van der Waals surface area (Å²) in [7, 11) is 1.83. The second-order valence-corrected chi connectivity index (χ2v) is 7.02. The molecule has 7 nitrogen and oxygen atoms in total. The summed E-state index contributed by atoms with van der Waals surface area (Å²) in [5, 5.41) is 12.8. The second-order valence-electron chi connectivity index (χ2n) is 6.61. The molecule has 1 saturated heterocycles. The smallest absolute Gasteiger partial charge is 0.194 e. The molecule has 0 amide bonds. The average Bonchev–Trinajstić information content (AvgIpc) is 3.28. The van der Waals surface area contributed by atoms with Gasteiger partial charge in [0.1, 0.15) is 5.82 Å². The Hall–Kier alpha value is -1.55. The topological polar surface area (TPSA) is 61.6 Å². The van der Waals surface area contributed by atoms with Crippen LogP contribution in [0, 0.1) is 0 Å². The van der Waals surface area contributed by atoms with E-state index in [0.717, 1.165) is 73.9 Å². The van der Waals surface area contributed by atoms with Crippen molar-refractivity contribution in [2.75, 3.05) is 38.1 Å². The van der Waals surface area contributed by atoms with Crippen LogP contribution in [0.5, 0.6) is 0 Å². The first kappa shape index (κ1) is 20.2. The summed E-state index contributed by atoms with van der Waals surface area (Å²) in [5.74, 6) is 3.01. The summed E-state index contributed by atoms with van der Waals surface area (Å²) in [4.78, 5) is 9.07. The average molecular weight is 502 g/mol. The molecule has 0 radical (unpaired) electrons. The fraction of sp³-hybridized carbons (Fsp3) is 0.500. The predicted octanol–water partition coefficient (Wildman–Crippen LogP) is 2.39. The number of benzene rings is 1. The molecule has 0 atom stereocenters. The number of hydrogen-bond acceptors (Lipinski definition) is 4. The number of para-hydroxylation sites is 1. The van der Waals surface area contributed by atoms with Crippen LogP contribution in [0.1, 0.15) is 18.1 Å². The van der Waals surface area contributed by atoms with Crippen molar-refractivity contribution >= 4 is 47.2 Å². The van der Waals surface area contributed by atoms with Crippen LogP contribution in [0.4, 0.5) is 5.69 Å². The van der Waals surface area contributed by atoms with Gasteiger partial charge in [0.2, 0.25) is 0 Å². The van der Waals surface area contributed by atoms with Gasteiger partial charge in [0.15, 0.2) is 11.8 Å². The summed E-state index contributed by atoms with van der Waals surface area (Å²) < 4.78 is 2.22. The molecule has 1 fully saturated rings. The van der Waals surface area contributed by atoms with Crippen LogP contribution in [-0.4, -0.2) is 58.9 Å². The zero-order valence-corrected chi connectivity index (χ0v) is 18.5. The standard InChI is InChI=1S/C18H24ClN7.HI/c1-20-18(21-13-17-23-22-16-7-4-8-26(16)17)25-11-9-24(10-12-25)15-6-3-2-5-14(15)19;/h2-3,5-6H,4,7-13H2,1H3,(H,20,21);1H. The van der Waals surface area contributed by atoms with E-state index < -0.39 is 0 Å². The molecule has 9 heteroatoms. The monoisotopic (exact) mass is 501 g/mol. The van der Waals surface area contributed by atoms with Gasteiger partial charge < -0.3 is 19.7 Å². The van der Waals surface area contributed by atoms with Crippen LogP contribution in [0.15, 0.2) is 29.3 Å². The molecule has 2 aromatic rings. The highest BCUT2D eigenvalue weighted by Crippen LogP contribution is 2.26. The van der Waals surface area contributed by atoms with E-state index in [1.807, 2.05) is 25.2 Å². The quantitative estimate of drug-likeness (QED) is 0.398. The second kappa shape index (κ2) is 9.09. The number of hydrogen-bond donors (Lipinski definition) is 1. The number of guanidine groups is 1. The van der Waals surface area contributed by atoms with Crippen molar-refractivity contribution < 1.29 is 0 Å². The molecular formula is C18H25ClIN7. The third kappa shape index (κ3) is 4.31. The number of piperazine rings is 1. The van der Waals surface area contributed by atoms with Gasteiger partial charge in [0.25, 0.3) is 0 Å². The van der Waals surface area contributed by atoms with Gasteiger partial charge in [-0.2, -0.15) is 0 Å². The molecular weight excluding hydrogens is 477 g/mol. The number of nitrogens with one attached hydrogen (secondary N) is 1. The van der Waals surface area contributed by atoms with E-state index in [1.165, 1.54) is 0 Å². The maximum atomic E-state index is 6.33. The largest absolute Gasteiger partial charge is 0.367 e. The highest BCUT2D eigenvalue weighted by atomic mass is 127. The predicted molar refractivity (Wildman–Crippen MR) is 119 cm³/mol. The normalized spacial score (nSPS) is 16.9. The summed E-state index contributed by atoms with van der Waals surface area (Å²) in [5.41, 5.74) is 1.11. The SMILES string of the molecule is CN=C(NCc1nnc2n1CCC2)N1CCN(c2ccccc2Cl)CC1.I. The minimum atomic E-state index is 0. The Morgan fingerprint density at radius 1 is 1.15 bits per heavy atom. The summed E-state index contributed by atoms with van der Waals surface area (Å²) in [6.07, 6.45) is 2.20. The van der Waals surface area contributed by atoms with E-state index in [2.05, 4.69) is 40.9 Å². The minimum absolute atomic E-state index is 0. The van der Waals surface area contributed by atoms with Crippen molar-refractivity contribution in [3.8, 4) is 0 Å². The van der Waals surface area contributed by atoms with Crippen LogP contribution in [-0.2, 0) is 19.5 Å². The van der Waals surface area contributed by atoms with E-state index in [-0.39, 0.29) is 24.0 Å². The highest BCUT2D eigenvalue weighted by molar-refractivity contribution is 14.0. The van der Waals surface area contributed by atoms with Gasteiger partial charge in [0, 0.05) is 46.2 Å². The lowest BCUT2D eigenvalue weighted by Gasteiger charge is -2.38. The van der Waals surface area contributed by atoms with E-state index in [9.17, 15) is 0 Å². The third-order valence-electron chi connectivity index (χ3n) is 5.07. The third-order valence-corrected chi connectivity index (χ3v) is 5.39. The molecule has 146 valence electrons. The Bertz CT molecular complexity index is 799. The van der Waals surface area contributed by atoms with Gasteiger partial charge in [0.05, 0.1) is 17.3 Å². The summed E-state index contributed by atoms with van der Waals surface area (Å²) in [6.45, 7) is 5.33. The van der Waals surface area contributed by atoms with Crippen molar-refractivity contribution in [1.82, 2.24) is 25.0 Å². The van der Waals surface area contributed by atoms with Gasteiger partial charge in [-0.3, -0.25) is 4.99 Å². The first-order chi connectivity index (χ1) is 12.8. The molecule has 0 aliphatic carbocycles. The molecule has 1 N–H and O–H groups in total. The Kier molecular flexibility index (Phi) is 6.80. The maximum Gasteiger partial charge on any atom is 0.194 e. The minimum Gasteiger partial charge on any atom is -0.367 e. The van der Waals surface area contributed by atoms with Crippen molar-refractivity contribution in [2.24, 2.45) is 4.99 Å². The number of fused-ring (bicyclic) bond motifs is 1. The van der Waals surface area contributed by atoms with Crippen LogP contribution in [0.2, 0.25) is 5.02 Å². The molecule has 0 unspecified atom stereocenters. The Labute approximate surface area is 181 Å². The number of halogens is 2.